The fraction of sp³-hybridized carbons (Fsp3) is 0.222. The topological polar surface area (TPSA) is 77.8 Å². The Hall–Kier alpha value is -1.46. The summed E-state index contributed by atoms with van der Waals surface area (Å²) in [6.07, 6.45) is 2.13. The van der Waals surface area contributed by atoms with Gasteiger partial charge in [0.1, 0.15) is 5.69 Å². The summed E-state index contributed by atoms with van der Waals surface area (Å²) in [4.78, 5) is 8.20. The second-order valence-corrected chi connectivity index (χ2v) is 3.35. The molecule has 0 bridgehead atoms. The van der Waals surface area contributed by atoms with E-state index in [1.807, 2.05) is 0 Å². The standard InChI is InChI=1S/C9H9ClN4O/c10-6-1-2-7(12-5-6)9-13-8(3-4-11)14-15-9/h1-2,5H,3-4,11H2. The van der Waals surface area contributed by atoms with Gasteiger partial charge in [-0.2, -0.15) is 4.98 Å². The van der Waals surface area contributed by atoms with Crippen molar-refractivity contribution in [2.24, 2.45) is 5.73 Å². The van der Waals surface area contributed by atoms with Crippen molar-refractivity contribution in [3.05, 3.63) is 29.2 Å². The van der Waals surface area contributed by atoms with Gasteiger partial charge in [-0.25, -0.2) is 4.98 Å². The van der Waals surface area contributed by atoms with E-state index in [2.05, 4.69) is 15.1 Å². The summed E-state index contributed by atoms with van der Waals surface area (Å²) in [7, 11) is 0. The highest BCUT2D eigenvalue weighted by molar-refractivity contribution is 6.30. The van der Waals surface area contributed by atoms with Crippen molar-refractivity contribution in [1.82, 2.24) is 15.1 Å². The molecule has 0 radical (unpaired) electrons. The molecule has 15 heavy (non-hydrogen) atoms. The zero-order valence-corrected chi connectivity index (χ0v) is 8.61. The Morgan fingerprint density at radius 3 is 2.93 bits per heavy atom. The largest absolute Gasteiger partial charge is 0.332 e. The zero-order valence-electron chi connectivity index (χ0n) is 7.85. The number of aromatic nitrogens is 3. The molecule has 0 aliphatic carbocycles. The number of rotatable bonds is 3. The van der Waals surface area contributed by atoms with Crippen LogP contribution >= 0.6 is 11.6 Å². The first-order valence-electron chi connectivity index (χ1n) is 4.44. The van der Waals surface area contributed by atoms with E-state index in [1.165, 1.54) is 6.20 Å². The third-order valence-corrected chi connectivity index (χ3v) is 2.01. The lowest BCUT2D eigenvalue weighted by molar-refractivity contribution is 0.421. The molecule has 0 unspecified atom stereocenters. The molecule has 5 nitrogen and oxygen atoms in total. The molecular formula is C9H9ClN4O. The molecule has 0 atom stereocenters. The van der Waals surface area contributed by atoms with Crippen LogP contribution < -0.4 is 5.73 Å². The molecule has 2 aromatic heterocycles. The van der Waals surface area contributed by atoms with E-state index in [0.717, 1.165) is 0 Å². The quantitative estimate of drug-likeness (QED) is 0.850. The maximum atomic E-state index is 5.71. The van der Waals surface area contributed by atoms with Gasteiger partial charge in [0.25, 0.3) is 5.89 Å². The average Bonchev–Trinajstić information content (AvgIpc) is 2.68. The van der Waals surface area contributed by atoms with Crippen LogP contribution in [0, 0.1) is 0 Å². The summed E-state index contributed by atoms with van der Waals surface area (Å²) in [5.74, 6) is 0.972. The van der Waals surface area contributed by atoms with Gasteiger partial charge in [-0.15, -0.1) is 0 Å². The minimum atomic E-state index is 0.384. The molecule has 0 spiro atoms. The van der Waals surface area contributed by atoms with Crippen molar-refractivity contribution in [2.45, 2.75) is 6.42 Å². The van der Waals surface area contributed by atoms with Crippen LogP contribution in [0.5, 0.6) is 0 Å². The summed E-state index contributed by atoms with van der Waals surface area (Å²) in [5.41, 5.74) is 5.98. The molecule has 78 valence electrons. The highest BCUT2D eigenvalue weighted by Crippen LogP contribution is 2.16. The van der Waals surface area contributed by atoms with Gasteiger partial charge in [0.2, 0.25) is 0 Å². The number of halogens is 1. The minimum Gasteiger partial charge on any atom is -0.332 e. The summed E-state index contributed by atoms with van der Waals surface area (Å²) in [6, 6.07) is 3.44. The average molecular weight is 225 g/mol. The van der Waals surface area contributed by atoms with Gasteiger partial charge in [-0.3, -0.25) is 0 Å². The Morgan fingerprint density at radius 2 is 2.27 bits per heavy atom. The van der Waals surface area contributed by atoms with E-state index in [4.69, 9.17) is 21.9 Å². The maximum Gasteiger partial charge on any atom is 0.276 e. The van der Waals surface area contributed by atoms with E-state index in [-0.39, 0.29) is 0 Å². The fourth-order valence-corrected chi connectivity index (χ4v) is 1.20. The van der Waals surface area contributed by atoms with Gasteiger partial charge < -0.3 is 10.3 Å². The molecule has 2 aromatic rings. The lowest BCUT2D eigenvalue weighted by Crippen LogP contribution is -2.03. The van der Waals surface area contributed by atoms with Crippen molar-refractivity contribution in [1.29, 1.82) is 0 Å². The first-order valence-corrected chi connectivity index (χ1v) is 4.82. The van der Waals surface area contributed by atoms with Crippen molar-refractivity contribution in [3.63, 3.8) is 0 Å². The number of hydrogen-bond donors (Lipinski definition) is 1. The number of hydrogen-bond acceptors (Lipinski definition) is 5. The first-order chi connectivity index (χ1) is 7.29. The first kappa shape index (κ1) is 10.1. The van der Waals surface area contributed by atoms with Crippen molar-refractivity contribution in [3.8, 4) is 11.6 Å². The number of pyridine rings is 1. The van der Waals surface area contributed by atoms with E-state index < -0.39 is 0 Å². The van der Waals surface area contributed by atoms with Crippen LogP contribution in [0.3, 0.4) is 0 Å². The molecular weight excluding hydrogens is 216 g/mol. The van der Waals surface area contributed by atoms with Crippen LogP contribution in [0.4, 0.5) is 0 Å². The van der Waals surface area contributed by atoms with Crippen molar-refractivity contribution < 1.29 is 4.52 Å². The normalized spacial score (nSPS) is 10.5. The van der Waals surface area contributed by atoms with Gasteiger partial charge in [0.05, 0.1) is 5.02 Å². The second-order valence-electron chi connectivity index (χ2n) is 2.92. The van der Waals surface area contributed by atoms with Crippen LogP contribution in [-0.4, -0.2) is 21.7 Å². The predicted molar refractivity (Wildman–Crippen MR) is 55.3 cm³/mol. The maximum absolute atomic E-state index is 5.71. The van der Waals surface area contributed by atoms with Gasteiger partial charge in [-0.05, 0) is 18.7 Å². The third kappa shape index (κ3) is 2.31. The van der Waals surface area contributed by atoms with Crippen LogP contribution in [0.25, 0.3) is 11.6 Å². The Kier molecular flexibility index (Phi) is 2.94. The Bertz CT molecular complexity index is 440. The summed E-state index contributed by atoms with van der Waals surface area (Å²) >= 11 is 5.71. The summed E-state index contributed by atoms with van der Waals surface area (Å²) in [6.45, 7) is 0.493. The molecule has 0 fully saturated rings. The minimum absolute atomic E-state index is 0.384. The summed E-state index contributed by atoms with van der Waals surface area (Å²) < 4.78 is 5.02. The highest BCUT2D eigenvalue weighted by Gasteiger charge is 2.08. The second kappa shape index (κ2) is 4.37. The Balaban J connectivity index is 2.25. The molecule has 0 aliphatic heterocycles. The highest BCUT2D eigenvalue weighted by atomic mass is 35.5. The molecule has 0 aromatic carbocycles. The van der Waals surface area contributed by atoms with Crippen LogP contribution in [0.15, 0.2) is 22.9 Å². The molecule has 0 aliphatic rings. The molecule has 0 amide bonds. The smallest absolute Gasteiger partial charge is 0.276 e. The molecule has 0 saturated carbocycles. The molecule has 2 heterocycles. The Labute approximate surface area is 91.3 Å². The predicted octanol–water partition coefficient (Wildman–Crippen LogP) is 1.29. The van der Waals surface area contributed by atoms with E-state index in [9.17, 15) is 0 Å². The van der Waals surface area contributed by atoms with Gasteiger partial charge >= 0.3 is 0 Å². The number of nitrogens with two attached hydrogens (primary N) is 1. The molecule has 2 rings (SSSR count). The SMILES string of the molecule is NCCc1noc(-c2ccc(Cl)cn2)n1. The third-order valence-electron chi connectivity index (χ3n) is 1.78. The van der Waals surface area contributed by atoms with Gasteiger partial charge in [0.15, 0.2) is 5.82 Å². The van der Waals surface area contributed by atoms with Crippen LogP contribution in [0.1, 0.15) is 5.82 Å². The van der Waals surface area contributed by atoms with Crippen molar-refractivity contribution >= 4 is 11.6 Å². The lowest BCUT2D eigenvalue weighted by atomic mass is 10.3. The van der Waals surface area contributed by atoms with Gasteiger partial charge in [-0.1, -0.05) is 16.8 Å². The van der Waals surface area contributed by atoms with Crippen molar-refractivity contribution in [2.75, 3.05) is 6.54 Å². The molecule has 2 N–H and O–H groups in total. The fourth-order valence-electron chi connectivity index (χ4n) is 1.09. The van der Waals surface area contributed by atoms with E-state index >= 15 is 0 Å². The van der Waals surface area contributed by atoms with Gasteiger partial charge in [0, 0.05) is 12.6 Å². The molecule has 6 heteroatoms. The Morgan fingerprint density at radius 1 is 1.40 bits per heavy atom. The number of nitrogens with zero attached hydrogens (tertiary/aromatic N) is 3. The van der Waals surface area contributed by atoms with Crippen LogP contribution in [0.2, 0.25) is 5.02 Å². The zero-order chi connectivity index (χ0) is 10.7. The lowest BCUT2D eigenvalue weighted by Gasteiger charge is -1.92. The van der Waals surface area contributed by atoms with E-state index in [1.54, 1.807) is 12.1 Å². The monoisotopic (exact) mass is 224 g/mol. The summed E-state index contributed by atoms with van der Waals surface area (Å²) in [5, 5.41) is 4.34. The molecule has 0 saturated heterocycles. The van der Waals surface area contributed by atoms with E-state index in [0.29, 0.717) is 35.4 Å². The van der Waals surface area contributed by atoms with Crippen LogP contribution in [-0.2, 0) is 6.42 Å².